The molecule has 0 saturated carbocycles. The largest absolute Gasteiger partial charge is 0.369 e. The highest BCUT2D eigenvalue weighted by molar-refractivity contribution is 5.90. The number of amides is 1. The third-order valence-electron chi connectivity index (χ3n) is 6.54. The SMILES string of the molecule is C/C(F)=C/C(=O)NC1(c2cccc3cnc(Nc4ccc(N5CCN(C)CC5)cc4)nc23)C=CC=CN1. The van der Waals surface area contributed by atoms with Crippen LogP contribution in [0, 0.1) is 0 Å². The number of allylic oxidation sites excluding steroid dienone is 3. The smallest absolute Gasteiger partial charge is 0.248 e. The van der Waals surface area contributed by atoms with Crippen LogP contribution in [-0.2, 0) is 10.5 Å². The summed E-state index contributed by atoms with van der Waals surface area (Å²) in [5, 5.41) is 10.2. The van der Waals surface area contributed by atoms with Crippen molar-refractivity contribution in [1.29, 1.82) is 0 Å². The first-order valence-electron chi connectivity index (χ1n) is 12.3. The van der Waals surface area contributed by atoms with Gasteiger partial charge >= 0.3 is 0 Å². The lowest BCUT2D eigenvalue weighted by molar-refractivity contribution is -0.118. The Bertz CT molecular complexity index is 1370. The number of fused-ring (bicyclic) bond motifs is 1. The van der Waals surface area contributed by atoms with Crippen LogP contribution in [0.4, 0.5) is 21.7 Å². The molecule has 1 atom stereocenters. The molecule has 2 aliphatic heterocycles. The second-order valence-electron chi connectivity index (χ2n) is 9.29. The zero-order valence-electron chi connectivity index (χ0n) is 20.9. The molecular weight excluding hydrogens is 469 g/mol. The van der Waals surface area contributed by atoms with Crippen molar-refractivity contribution in [1.82, 2.24) is 25.5 Å². The highest BCUT2D eigenvalue weighted by Crippen LogP contribution is 2.30. The van der Waals surface area contributed by atoms with Gasteiger partial charge in [0, 0.05) is 60.8 Å². The molecule has 8 nitrogen and oxygen atoms in total. The van der Waals surface area contributed by atoms with E-state index in [-0.39, 0.29) is 0 Å². The molecule has 3 N–H and O–H groups in total. The average Bonchev–Trinajstić information content (AvgIpc) is 2.89. The Morgan fingerprint density at radius 3 is 2.59 bits per heavy atom. The van der Waals surface area contributed by atoms with Gasteiger partial charge < -0.3 is 25.8 Å². The molecule has 1 amide bonds. The van der Waals surface area contributed by atoms with Gasteiger partial charge in [0.15, 0.2) is 5.66 Å². The molecule has 2 aromatic carbocycles. The summed E-state index contributed by atoms with van der Waals surface area (Å²) >= 11 is 0. The number of hydrogen-bond donors (Lipinski definition) is 3. The summed E-state index contributed by atoms with van der Waals surface area (Å²) < 4.78 is 13.4. The van der Waals surface area contributed by atoms with E-state index in [9.17, 15) is 9.18 Å². The fourth-order valence-electron chi connectivity index (χ4n) is 4.59. The molecule has 3 aromatic rings. The molecule has 0 bridgehead atoms. The highest BCUT2D eigenvalue weighted by Gasteiger charge is 2.33. The number of carbonyl (C=O) groups excluding carboxylic acids is 1. The quantitative estimate of drug-likeness (QED) is 0.443. The number of piperazine rings is 1. The van der Waals surface area contributed by atoms with Crippen LogP contribution in [0.15, 0.2) is 85.0 Å². The van der Waals surface area contributed by atoms with Gasteiger partial charge in [0.2, 0.25) is 11.9 Å². The summed E-state index contributed by atoms with van der Waals surface area (Å²) in [5.41, 5.74) is 2.33. The molecule has 0 spiro atoms. The molecule has 37 heavy (non-hydrogen) atoms. The first-order valence-corrected chi connectivity index (χ1v) is 12.3. The molecule has 1 unspecified atom stereocenters. The molecule has 9 heteroatoms. The zero-order valence-corrected chi connectivity index (χ0v) is 20.9. The van der Waals surface area contributed by atoms with Gasteiger partial charge in [0.1, 0.15) is 5.83 Å². The van der Waals surface area contributed by atoms with Crippen LogP contribution in [0.1, 0.15) is 12.5 Å². The number of likely N-dealkylation sites (N-methyl/N-ethyl adjacent to an activating group) is 1. The van der Waals surface area contributed by atoms with Crippen LogP contribution < -0.4 is 20.9 Å². The minimum Gasteiger partial charge on any atom is -0.369 e. The maximum atomic E-state index is 13.4. The lowest BCUT2D eigenvalue weighted by atomic mass is 9.94. The molecule has 190 valence electrons. The second-order valence-corrected chi connectivity index (χ2v) is 9.29. The van der Waals surface area contributed by atoms with Crippen molar-refractivity contribution in [3.05, 3.63) is 90.6 Å². The topological polar surface area (TPSA) is 85.4 Å². The molecule has 1 saturated heterocycles. The highest BCUT2D eigenvalue weighted by atomic mass is 19.1. The summed E-state index contributed by atoms with van der Waals surface area (Å²) in [6, 6.07) is 13.9. The number of benzene rings is 2. The summed E-state index contributed by atoms with van der Waals surface area (Å²) in [4.78, 5) is 26.5. The summed E-state index contributed by atoms with van der Waals surface area (Å²) in [6.45, 7) is 5.36. The van der Waals surface area contributed by atoms with Gasteiger partial charge in [-0.15, -0.1) is 0 Å². The first kappa shape index (κ1) is 24.5. The van der Waals surface area contributed by atoms with Gasteiger partial charge in [0.05, 0.1) is 5.52 Å². The molecule has 3 heterocycles. The van der Waals surface area contributed by atoms with Crippen LogP contribution in [0.3, 0.4) is 0 Å². The lowest BCUT2D eigenvalue weighted by Crippen LogP contribution is -2.53. The number of dihydropyridines is 1. The van der Waals surface area contributed by atoms with Gasteiger partial charge in [-0.25, -0.2) is 14.4 Å². The predicted octanol–water partition coefficient (Wildman–Crippen LogP) is 3.94. The van der Waals surface area contributed by atoms with Crippen molar-refractivity contribution >= 4 is 34.1 Å². The van der Waals surface area contributed by atoms with Crippen molar-refractivity contribution in [2.45, 2.75) is 12.6 Å². The average molecular weight is 500 g/mol. The molecule has 0 aliphatic carbocycles. The van der Waals surface area contributed by atoms with E-state index in [1.165, 1.54) is 12.6 Å². The maximum Gasteiger partial charge on any atom is 0.248 e. The number of hydrogen-bond acceptors (Lipinski definition) is 7. The molecule has 1 fully saturated rings. The van der Waals surface area contributed by atoms with Crippen LogP contribution in [0.5, 0.6) is 0 Å². The van der Waals surface area contributed by atoms with E-state index in [4.69, 9.17) is 4.98 Å². The van der Waals surface area contributed by atoms with Crippen LogP contribution in [0.25, 0.3) is 10.9 Å². The molecule has 5 rings (SSSR count). The van der Waals surface area contributed by atoms with E-state index in [0.717, 1.165) is 43.3 Å². The lowest BCUT2D eigenvalue weighted by Gasteiger charge is -2.34. The van der Waals surface area contributed by atoms with E-state index in [2.05, 4.69) is 49.9 Å². The van der Waals surface area contributed by atoms with Crippen molar-refractivity contribution in [2.75, 3.05) is 43.4 Å². The van der Waals surface area contributed by atoms with Gasteiger partial charge in [-0.2, -0.15) is 0 Å². The van der Waals surface area contributed by atoms with Crippen molar-refractivity contribution in [3.8, 4) is 0 Å². The molecule has 2 aliphatic rings. The molecule has 1 aromatic heterocycles. The number of rotatable bonds is 6. The van der Waals surface area contributed by atoms with E-state index in [1.807, 2.05) is 48.6 Å². The third kappa shape index (κ3) is 5.46. The summed E-state index contributed by atoms with van der Waals surface area (Å²) in [5.74, 6) is -0.700. The first-order chi connectivity index (χ1) is 17.9. The number of halogens is 1. The Morgan fingerprint density at radius 1 is 1.11 bits per heavy atom. The van der Waals surface area contributed by atoms with E-state index in [0.29, 0.717) is 17.0 Å². The molecule has 0 radical (unpaired) electrons. The van der Waals surface area contributed by atoms with Crippen molar-refractivity contribution in [3.63, 3.8) is 0 Å². The van der Waals surface area contributed by atoms with Crippen molar-refractivity contribution < 1.29 is 9.18 Å². The third-order valence-corrected chi connectivity index (χ3v) is 6.54. The van der Waals surface area contributed by atoms with Gasteiger partial charge in [0.25, 0.3) is 0 Å². The molecular formula is C28H30FN7O. The minimum atomic E-state index is -1.10. The number of carbonyl (C=O) groups is 1. The monoisotopic (exact) mass is 499 g/mol. The Hall–Kier alpha value is -4.24. The van der Waals surface area contributed by atoms with Gasteiger partial charge in [-0.05, 0) is 56.6 Å². The standard InChI is InChI=1S/C28H30FN7O/c1-20(29)18-25(37)34-28(12-3-4-13-31-28)24-7-5-6-21-19-30-27(33-26(21)24)32-22-8-10-23(11-9-22)36-16-14-35(2)15-17-36/h3-13,18-19,31H,14-17H2,1-2H3,(H,34,37)(H,30,32,33)/b20-18-. The Morgan fingerprint density at radius 2 is 1.89 bits per heavy atom. The minimum absolute atomic E-state index is 0.434. The van der Waals surface area contributed by atoms with E-state index < -0.39 is 17.4 Å². The van der Waals surface area contributed by atoms with Crippen LogP contribution in [-0.4, -0.2) is 54.0 Å². The maximum absolute atomic E-state index is 13.4. The van der Waals surface area contributed by atoms with Crippen LogP contribution >= 0.6 is 0 Å². The van der Waals surface area contributed by atoms with Gasteiger partial charge in [-0.1, -0.05) is 24.3 Å². The fraction of sp³-hybridized carbons (Fsp3) is 0.250. The Labute approximate surface area is 215 Å². The van der Waals surface area contributed by atoms with Crippen molar-refractivity contribution in [2.24, 2.45) is 0 Å². The summed E-state index contributed by atoms with van der Waals surface area (Å²) in [6.07, 6.45) is 9.86. The second kappa shape index (κ2) is 10.4. The number of para-hydroxylation sites is 1. The summed E-state index contributed by atoms with van der Waals surface area (Å²) in [7, 11) is 2.15. The van der Waals surface area contributed by atoms with E-state index in [1.54, 1.807) is 12.4 Å². The van der Waals surface area contributed by atoms with Gasteiger partial charge in [-0.3, -0.25) is 4.79 Å². The Kier molecular flexibility index (Phi) is 6.87. The fourth-order valence-corrected chi connectivity index (χ4v) is 4.59. The predicted molar refractivity (Wildman–Crippen MR) is 145 cm³/mol. The number of aromatic nitrogens is 2. The number of anilines is 3. The Balaban J connectivity index is 1.43. The zero-order chi connectivity index (χ0) is 25.8. The number of nitrogens with zero attached hydrogens (tertiary/aromatic N) is 4. The number of nitrogens with one attached hydrogen (secondary N) is 3. The van der Waals surface area contributed by atoms with Crippen LogP contribution in [0.2, 0.25) is 0 Å². The van der Waals surface area contributed by atoms with E-state index >= 15 is 0 Å². The normalized spacial score (nSPS) is 20.1.